The van der Waals surface area contributed by atoms with Gasteiger partial charge in [0.25, 0.3) is 0 Å². The maximum absolute atomic E-state index is 9.12. The van der Waals surface area contributed by atoms with E-state index < -0.39 is 0 Å². The van der Waals surface area contributed by atoms with E-state index in [9.17, 15) is 0 Å². The molecule has 0 N–H and O–H groups in total. The highest BCUT2D eigenvalue weighted by Crippen LogP contribution is 2.40. The van der Waals surface area contributed by atoms with Crippen LogP contribution in [-0.2, 0) is 0 Å². The van der Waals surface area contributed by atoms with Crippen LogP contribution in [0.4, 0.5) is 0 Å². The Balaban J connectivity index is 1.32. The molecular weight excluding hydrogens is 490 g/mol. The number of nitriles is 1. The molecule has 0 aliphatic carbocycles. The minimum Gasteiger partial charge on any atom is -0.455 e. The minimum absolute atomic E-state index is 0.554. The number of benzene rings is 5. The highest BCUT2D eigenvalue weighted by Gasteiger charge is 2.18. The van der Waals surface area contributed by atoms with E-state index in [4.69, 9.17) is 9.68 Å². The average Bonchev–Trinajstić information content (AvgIpc) is 3.57. The van der Waals surface area contributed by atoms with Crippen molar-refractivity contribution >= 4 is 43.7 Å². The molecule has 0 radical (unpaired) electrons. The van der Waals surface area contributed by atoms with Crippen LogP contribution in [0.5, 0.6) is 0 Å². The number of fused-ring (bicyclic) bond motifs is 7. The van der Waals surface area contributed by atoms with Gasteiger partial charge < -0.3 is 8.98 Å². The average molecular weight is 512 g/mol. The molecule has 0 saturated heterocycles. The van der Waals surface area contributed by atoms with Gasteiger partial charge in [-0.05, 0) is 65.7 Å². The lowest BCUT2D eigenvalue weighted by Gasteiger charge is -2.11. The van der Waals surface area contributed by atoms with Crippen LogP contribution >= 0.6 is 0 Å². The highest BCUT2D eigenvalue weighted by molar-refractivity contribution is 6.23. The molecule has 5 aromatic carbocycles. The van der Waals surface area contributed by atoms with E-state index >= 15 is 0 Å². The van der Waals surface area contributed by atoms with Crippen LogP contribution in [0.15, 0.2) is 132 Å². The first-order valence-electron chi connectivity index (χ1n) is 13.2. The molecule has 0 aliphatic rings. The predicted octanol–water partition coefficient (Wildman–Crippen LogP) is 9.28. The van der Waals surface area contributed by atoms with Gasteiger partial charge in [0.1, 0.15) is 17.2 Å². The lowest BCUT2D eigenvalue weighted by atomic mass is 10.0. The van der Waals surface area contributed by atoms with Gasteiger partial charge in [0.2, 0.25) is 0 Å². The summed E-state index contributed by atoms with van der Waals surface area (Å²) in [7, 11) is 0. The van der Waals surface area contributed by atoms with Crippen molar-refractivity contribution in [2.75, 3.05) is 0 Å². The first-order valence-corrected chi connectivity index (χ1v) is 13.2. The molecule has 0 saturated carbocycles. The molecule has 8 rings (SSSR count). The molecule has 0 spiro atoms. The second-order valence-electron chi connectivity index (χ2n) is 9.96. The number of rotatable bonds is 3. The van der Waals surface area contributed by atoms with Crippen LogP contribution in [0.1, 0.15) is 5.56 Å². The Morgan fingerprint density at radius 3 is 2.25 bits per heavy atom. The molecule has 0 unspecified atom stereocenters. The lowest BCUT2D eigenvalue weighted by Crippen LogP contribution is -1.94. The van der Waals surface area contributed by atoms with Crippen LogP contribution in [0, 0.1) is 11.3 Å². The summed E-state index contributed by atoms with van der Waals surface area (Å²) in [5, 5.41) is 13.7. The number of hydrogen-bond acceptors (Lipinski definition) is 3. The maximum atomic E-state index is 9.12. The van der Waals surface area contributed by atoms with E-state index in [0.717, 1.165) is 66.4 Å². The van der Waals surface area contributed by atoms with Crippen molar-refractivity contribution in [2.24, 2.45) is 0 Å². The first kappa shape index (κ1) is 22.3. The lowest BCUT2D eigenvalue weighted by molar-refractivity contribution is 0.673. The third kappa shape index (κ3) is 3.35. The molecule has 4 heteroatoms. The standard InChI is InChI=1S/C36H21N3O/c37-21-23-15-17-31(38-22-23)26-9-5-7-24(19-26)25-8-6-10-27(20-25)39-32-13-3-1-12-30(32)35-33(39)18-16-29-28-11-2-4-14-34(28)40-36(29)35/h1-20,22H. The van der Waals surface area contributed by atoms with Gasteiger partial charge in [0, 0.05) is 33.6 Å². The zero-order chi connectivity index (χ0) is 26.6. The monoisotopic (exact) mass is 511 g/mol. The van der Waals surface area contributed by atoms with E-state index in [1.807, 2.05) is 24.3 Å². The van der Waals surface area contributed by atoms with Gasteiger partial charge in [0.15, 0.2) is 0 Å². The Kier molecular flexibility index (Phi) is 4.85. The van der Waals surface area contributed by atoms with Crippen molar-refractivity contribution in [3.05, 3.63) is 133 Å². The number of aromatic nitrogens is 2. The first-order chi connectivity index (χ1) is 19.8. The van der Waals surface area contributed by atoms with Gasteiger partial charge in [-0.2, -0.15) is 5.26 Å². The van der Waals surface area contributed by atoms with Crippen molar-refractivity contribution < 1.29 is 4.42 Å². The van der Waals surface area contributed by atoms with Crippen LogP contribution in [-0.4, -0.2) is 9.55 Å². The van der Waals surface area contributed by atoms with Crippen molar-refractivity contribution in [3.63, 3.8) is 0 Å². The smallest absolute Gasteiger partial charge is 0.145 e. The van der Waals surface area contributed by atoms with Crippen LogP contribution in [0.3, 0.4) is 0 Å². The van der Waals surface area contributed by atoms with E-state index in [1.165, 1.54) is 5.39 Å². The number of para-hydroxylation sites is 2. The zero-order valence-corrected chi connectivity index (χ0v) is 21.4. The van der Waals surface area contributed by atoms with E-state index in [-0.39, 0.29) is 0 Å². The van der Waals surface area contributed by atoms with E-state index in [0.29, 0.717) is 5.56 Å². The molecule has 0 amide bonds. The van der Waals surface area contributed by atoms with Crippen molar-refractivity contribution in [2.45, 2.75) is 0 Å². The van der Waals surface area contributed by atoms with Crippen molar-refractivity contribution in [3.8, 4) is 34.1 Å². The SMILES string of the molecule is N#Cc1ccc(-c2cccc(-c3cccc(-n4c5ccccc5c5c6oc7ccccc7c6ccc54)c3)c2)nc1. The summed E-state index contributed by atoms with van der Waals surface area (Å²) in [5.41, 5.74) is 9.78. The summed E-state index contributed by atoms with van der Waals surface area (Å²) in [4.78, 5) is 4.49. The number of furan rings is 1. The second-order valence-corrected chi connectivity index (χ2v) is 9.96. The molecule has 3 aromatic heterocycles. The zero-order valence-electron chi connectivity index (χ0n) is 21.4. The van der Waals surface area contributed by atoms with Crippen molar-refractivity contribution in [1.82, 2.24) is 9.55 Å². The van der Waals surface area contributed by atoms with Gasteiger partial charge in [-0.15, -0.1) is 0 Å². The molecule has 4 nitrogen and oxygen atoms in total. The molecule has 0 atom stereocenters. The molecule has 8 aromatic rings. The molecule has 3 heterocycles. The third-order valence-electron chi connectivity index (χ3n) is 7.67. The summed E-state index contributed by atoms with van der Waals surface area (Å²) >= 11 is 0. The predicted molar refractivity (Wildman–Crippen MR) is 161 cm³/mol. The second kappa shape index (κ2) is 8.69. The molecule has 186 valence electrons. The fraction of sp³-hybridized carbons (Fsp3) is 0. The molecule has 0 aliphatic heterocycles. The quantitative estimate of drug-likeness (QED) is 0.237. The Bertz CT molecular complexity index is 2280. The van der Waals surface area contributed by atoms with Gasteiger partial charge in [0.05, 0.1) is 27.7 Å². The number of hydrogen-bond donors (Lipinski definition) is 0. The molecule has 40 heavy (non-hydrogen) atoms. The normalized spacial score (nSPS) is 11.5. The molecule has 0 fully saturated rings. The number of pyridine rings is 1. The van der Waals surface area contributed by atoms with Crippen molar-refractivity contribution in [1.29, 1.82) is 5.26 Å². The fourth-order valence-corrected chi connectivity index (χ4v) is 5.83. The van der Waals surface area contributed by atoms with E-state index in [2.05, 4.69) is 107 Å². The summed E-state index contributed by atoms with van der Waals surface area (Å²) in [6.45, 7) is 0. The topological polar surface area (TPSA) is 54.8 Å². The third-order valence-corrected chi connectivity index (χ3v) is 7.67. The Morgan fingerprint density at radius 1 is 0.625 bits per heavy atom. The Labute approximate surface area is 230 Å². The Hall–Kier alpha value is -5.66. The van der Waals surface area contributed by atoms with Gasteiger partial charge in [-0.1, -0.05) is 66.7 Å². The highest BCUT2D eigenvalue weighted by atomic mass is 16.3. The minimum atomic E-state index is 0.554. The largest absolute Gasteiger partial charge is 0.455 e. The summed E-state index contributed by atoms with van der Waals surface area (Å²) < 4.78 is 8.77. The van der Waals surface area contributed by atoms with E-state index in [1.54, 1.807) is 12.3 Å². The summed E-state index contributed by atoms with van der Waals surface area (Å²) in [6, 6.07) is 44.0. The summed E-state index contributed by atoms with van der Waals surface area (Å²) in [5.74, 6) is 0. The van der Waals surface area contributed by atoms with Gasteiger partial charge in [-0.25, -0.2) is 0 Å². The Morgan fingerprint density at radius 2 is 1.40 bits per heavy atom. The van der Waals surface area contributed by atoms with Gasteiger partial charge >= 0.3 is 0 Å². The van der Waals surface area contributed by atoms with Gasteiger partial charge in [-0.3, -0.25) is 4.98 Å². The van der Waals surface area contributed by atoms with Crippen LogP contribution < -0.4 is 0 Å². The molecular formula is C36H21N3O. The number of nitrogens with zero attached hydrogens (tertiary/aromatic N) is 3. The van der Waals surface area contributed by atoms with Crippen LogP contribution in [0.2, 0.25) is 0 Å². The summed E-state index contributed by atoms with van der Waals surface area (Å²) in [6.07, 6.45) is 1.61. The molecule has 0 bridgehead atoms. The fourth-order valence-electron chi connectivity index (χ4n) is 5.83. The van der Waals surface area contributed by atoms with Crippen LogP contribution in [0.25, 0.3) is 71.8 Å². The maximum Gasteiger partial charge on any atom is 0.145 e.